The number of benzene rings is 1. The fourth-order valence-corrected chi connectivity index (χ4v) is 4.71. The van der Waals surface area contributed by atoms with E-state index in [9.17, 15) is 4.79 Å². The van der Waals surface area contributed by atoms with E-state index in [0.717, 1.165) is 46.1 Å². The Labute approximate surface area is 179 Å². The molecule has 7 heteroatoms. The van der Waals surface area contributed by atoms with Crippen LogP contribution in [0.1, 0.15) is 41.3 Å². The fraction of sp³-hybridized carbons (Fsp3) is 0.304. The van der Waals surface area contributed by atoms with Crippen LogP contribution in [0.15, 0.2) is 47.8 Å². The molecule has 1 amide bonds. The van der Waals surface area contributed by atoms with E-state index in [4.69, 9.17) is 4.98 Å². The first-order valence-corrected chi connectivity index (χ1v) is 11.3. The van der Waals surface area contributed by atoms with Gasteiger partial charge in [-0.15, -0.1) is 21.5 Å². The number of hydrogen-bond donors (Lipinski definition) is 1. The van der Waals surface area contributed by atoms with E-state index >= 15 is 0 Å². The van der Waals surface area contributed by atoms with Crippen molar-refractivity contribution >= 4 is 28.1 Å². The second kappa shape index (κ2) is 8.36. The minimum absolute atomic E-state index is 0.0815. The number of pyridine rings is 1. The summed E-state index contributed by atoms with van der Waals surface area (Å²) in [6, 6.07) is 13.7. The lowest BCUT2D eigenvalue weighted by molar-refractivity contribution is 0.0955. The molecule has 0 aliphatic carbocycles. The highest BCUT2D eigenvalue weighted by atomic mass is 32.1. The molecule has 0 fully saturated rings. The van der Waals surface area contributed by atoms with Gasteiger partial charge in [0.1, 0.15) is 11.6 Å². The van der Waals surface area contributed by atoms with Crippen LogP contribution in [0.2, 0.25) is 0 Å². The van der Waals surface area contributed by atoms with Crippen molar-refractivity contribution in [3.8, 4) is 10.6 Å². The second-order valence-electron chi connectivity index (χ2n) is 7.55. The molecular formula is C23H23N5OS. The van der Waals surface area contributed by atoms with E-state index in [1.807, 2.05) is 47.8 Å². The monoisotopic (exact) mass is 417 g/mol. The summed E-state index contributed by atoms with van der Waals surface area (Å²) in [6.07, 6.45) is 5.25. The van der Waals surface area contributed by atoms with Crippen molar-refractivity contribution in [2.45, 2.75) is 38.6 Å². The van der Waals surface area contributed by atoms with Crippen molar-refractivity contribution < 1.29 is 4.79 Å². The molecule has 1 aromatic carbocycles. The molecule has 4 aromatic rings. The van der Waals surface area contributed by atoms with Gasteiger partial charge in [-0.2, -0.15) is 0 Å². The summed E-state index contributed by atoms with van der Waals surface area (Å²) in [5.41, 5.74) is 2.32. The number of para-hydroxylation sites is 1. The number of carbonyl (C=O) groups is 1. The predicted molar refractivity (Wildman–Crippen MR) is 119 cm³/mol. The molecule has 0 spiro atoms. The molecule has 1 aliphatic heterocycles. The highest BCUT2D eigenvalue weighted by Crippen LogP contribution is 2.27. The largest absolute Gasteiger partial charge is 0.352 e. The number of aryl methyl sites for hydroxylation is 1. The highest BCUT2D eigenvalue weighted by Gasteiger charge is 2.16. The number of fused-ring (bicyclic) bond motifs is 2. The van der Waals surface area contributed by atoms with Gasteiger partial charge in [-0.25, -0.2) is 4.98 Å². The number of aromatic nitrogens is 4. The Morgan fingerprint density at radius 1 is 1.10 bits per heavy atom. The third kappa shape index (κ3) is 3.73. The minimum atomic E-state index is -0.0815. The van der Waals surface area contributed by atoms with Gasteiger partial charge in [0, 0.05) is 31.3 Å². The molecule has 5 rings (SSSR count). The summed E-state index contributed by atoms with van der Waals surface area (Å²) >= 11 is 1.62. The Kier molecular flexibility index (Phi) is 5.27. The van der Waals surface area contributed by atoms with Gasteiger partial charge in [0.05, 0.1) is 21.7 Å². The molecule has 0 atom stereocenters. The Morgan fingerprint density at radius 3 is 2.93 bits per heavy atom. The van der Waals surface area contributed by atoms with E-state index in [1.165, 1.54) is 19.3 Å². The topological polar surface area (TPSA) is 72.7 Å². The van der Waals surface area contributed by atoms with Crippen LogP contribution in [0, 0.1) is 0 Å². The van der Waals surface area contributed by atoms with Crippen LogP contribution < -0.4 is 5.32 Å². The van der Waals surface area contributed by atoms with Crippen LogP contribution in [-0.4, -0.2) is 32.2 Å². The molecule has 1 N–H and O–H groups in total. The molecule has 152 valence electrons. The second-order valence-corrected chi connectivity index (χ2v) is 8.50. The quantitative estimate of drug-likeness (QED) is 0.527. The Balaban J connectivity index is 1.36. The standard InChI is InChI=1S/C23H23N5OS/c29-23(24-12-11-22-27-26-21-10-2-1-5-13-28(21)22)17-15-19(20-9-6-14-30-20)25-18-8-4-3-7-16(17)18/h3-4,6-9,14-15H,1-2,5,10-13H2,(H,24,29). The molecule has 0 saturated heterocycles. The van der Waals surface area contributed by atoms with Gasteiger partial charge >= 0.3 is 0 Å². The molecular weight excluding hydrogens is 394 g/mol. The number of nitrogens with zero attached hydrogens (tertiary/aromatic N) is 4. The van der Waals surface area contributed by atoms with Gasteiger partial charge in [-0.3, -0.25) is 4.79 Å². The van der Waals surface area contributed by atoms with Crippen molar-refractivity contribution in [1.29, 1.82) is 0 Å². The van der Waals surface area contributed by atoms with Gasteiger partial charge in [-0.05, 0) is 36.4 Å². The van der Waals surface area contributed by atoms with Gasteiger partial charge < -0.3 is 9.88 Å². The normalized spacial score (nSPS) is 13.7. The predicted octanol–water partition coefficient (Wildman–Crippen LogP) is 4.25. The summed E-state index contributed by atoms with van der Waals surface area (Å²) in [5, 5.41) is 14.7. The van der Waals surface area contributed by atoms with Gasteiger partial charge in [0.2, 0.25) is 0 Å². The Hall–Kier alpha value is -3.06. The molecule has 30 heavy (non-hydrogen) atoms. The number of thiophene rings is 1. The number of carbonyl (C=O) groups excluding carboxylic acids is 1. The van der Waals surface area contributed by atoms with E-state index in [0.29, 0.717) is 18.5 Å². The number of nitrogens with one attached hydrogen (secondary N) is 1. The third-order valence-corrected chi connectivity index (χ3v) is 6.45. The van der Waals surface area contributed by atoms with Crippen LogP contribution in [-0.2, 0) is 19.4 Å². The van der Waals surface area contributed by atoms with Gasteiger partial charge in [-0.1, -0.05) is 30.7 Å². The molecule has 0 bridgehead atoms. The maximum absolute atomic E-state index is 13.1. The first kappa shape index (κ1) is 18.9. The van der Waals surface area contributed by atoms with Crippen LogP contribution >= 0.6 is 11.3 Å². The molecule has 6 nitrogen and oxygen atoms in total. The summed E-state index contributed by atoms with van der Waals surface area (Å²) < 4.78 is 2.23. The van der Waals surface area contributed by atoms with Crippen molar-refractivity contribution in [3.05, 3.63) is 65.1 Å². The number of rotatable bonds is 5. The average molecular weight is 418 g/mol. The lowest BCUT2D eigenvalue weighted by Crippen LogP contribution is -2.27. The lowest BCUT2D eigenvalue weighted by atomic mass is 10.1. The first-order chi connectivity index (χ1) is 14.8. The van der Waals surface area contributed by atoms with E-state index in [1.54, 1.807) is 11.3 Å². The molecule has 0 saturated carbocycles. The van der Waals surface area contributed by atoms with Gasteiger partial charge in [0.25, 0.3) is 5.91 Å². The van der Waals surface area contributed by atoms with E-state index in [-0.39, 0.29) is 5.91 Å². The average Bonchev–Trinajstić information content (AvgIpc) is 3.38. The molecule has 0 unspecified atom stereocenters. The van der Waals surface area contributed by atoms with Crippen LogP contribution in [0.5, 0.6) is 0 Å². The van der Waals surface area contributed by atoms with Crippen LogP contribution in [0.25, 0.3) is 21.5 Å². The van der Waals surface area contributed by atoms with Crippen molar-refractivity contribution in [3.63, 3.8) is 0 Å². The maximum Gasteiger partial charge on any atom is 0.252 e. The van der Waals surface area contributed by atoms with Crippen molar-refractivity contribution in [1.82, 2.24) is 25.1 Å². The van der Waals surface area contributed by atoms with Crippen molar-refractivity contribution in [2.75, 3.05) is 6.54 Å². The van der Waals surface area contributed by atoms with Crippen LogP contribution in [0.4, 0.5) is 0 Å². The molecule has 4 heterocycles. The first-order valence-electron chi connectivity index (χ1n) is 10.4. The SMILES string of the molecule is O=C(NCCc1nnc2n1CCCCC2)c1cc(-c2cccs2)nc2ccccc12. The van der Waals surface area contributed by atoms with Crippen molar-refractivity contribution in [2.24, 2.45) is 0 Å². The molecule has 3 aromatic heterocycles. The highest BCUT2D eigenvalue weighted by molar-refractivity contribution is 7.13. The third-order valence-electron chi connectivity index (χ3n) is 5.55. The minimum Gasteiger partial charge on any atom is -0.352 e. The Morgan fingerprint density at radius 2 is 2.03 bits per heavy atom. The smallest absolute Gasteiger partial charge is 0.252 e. The number of hydrogen-bond acceptors (Lipinski definition) is 5. The molecule has 1 aliphatic rings. The van der Waals surface area contributed by atoms with Crippen LogP contribution in [0.3, 0.4) is 0 Å². The zero-order chi connectivity index (χ0) is 20.3. The Bertz CT molecular complexity index is 1180. The lowest BCUT2D eigenvalue weighted by Gasteiger charge is -2.11. The van der Waals surface area contributed by atoms with Gasteiger partial charge in [0.15, 0.2) is 0 Å². The summed E-state index contributed by atoms with van der Waals surface area (Å²) in [7, 11) is 0. The molecule has 0 radical (unpaired) electrons. The summed E-state index contributed by atoms with van der Waals surface area (Å²) in [5.74, 6) is 1.96. The zero-order valence-corrected chi connectivity index (χ0v) is 17.5. The van der Waals surface area contributed by atoms with E-state index < -0.39 is 0 Å². The summed E-state index contributed by atoms with van der Waals surface area (Å²) in [6.45, 7) is 1.51. The zero-order valence-electron chi connectivity index (χ0n) is 16.7. The maximum atomic E-state index is 13.1. The number of amides is 1. The van der Waals surface area contributed by atoms with E-state index in [2.05, 4.69) is 20.1 Å². The summed E-state index contributed by atoms with van der Waals surface area (Å²) in [4.78, 5) is 18.9. The fourth-order valence-electron chi connectivity index (χ4n) is 4.03.